The van der Waals surface area contributed by atoms with Crippen LogP contribution < -0.4 is 4.46 Å². The van der Waals surface area contributed by atoms with Gasteiger partial charge in [0.2, 0.25) is 0 Å². The second-order valence-corrected chi connectivity index (χ2v) is 4.23. The van der Waals surface area contributed by atoms with E-state index in [2.05, 4.69) is 43.5 Å². The molecule has 0 heterocycles. The summed E-state index contributed by atoms with van der Waals surface area (Å²) < 4.78 is 1.38. The van der Waals surface area contributed by atoms with Crippen LogP contribution in [0.1, 0.15) is 5.56 Å². The minimum absolute atomic E-state index is 0.410. The predicted octanol–water partition coefficient (Wildman–Crippen LogP) is 1.62. The molecule has 0 N–H and O–H groups in total. The van der Waals surface area contributed by atoms with Crippen molar-refractivity contribution in [2.24, 2.45) is 0 Å². The normalized spacial score (nSPS) is 8.82. The molecule has 0 radical (unpaired) electrons. The summed E-state index contributed by atoms with van der Waals surface area (Å²) in [6, 6.07) is 8.54. The van der Waals surface area contributed by atoms with Gasteiger partial charge in [-0.05, 0) is 0 Å². The molecule has 0 aliphatic carbocycles. The van der Waals surface area contributed by atoms with Crippen molar-refractivity contribution in [3.8, 4) is 0 Å². The molecule has 0 unspecified atom stereocenters. The van der Waals surface area contributed by atoms with Crippen LogP contribution in [-0.4, -0.2) is 15.0 Å². The van der Waals surface area contributed by atoms with E-state index >= 15 is 0 Å². The van der Waals surface area contributed by atoms with E-state index in [1.165, 1.54) is 10.0 Å². The fourth-order valence-electron chi connectivity index (χ4n) is 0.798. The molecule has 1 heteroatoms. The van der Waals surface area contributed by atoms with Gasteiger partial charge in [-0.1, -0.05) is 0 Å². The Labute approximate surface area is 73.8 Å². The fourth-order valence-corrected chi connectivity index (χ4v) is 2.12. The van der Waals surface area contributed by atoms with E-state index in [0.29, 0.717) is 15.0 Å². The molecule has 11 heavy (non-hydrogen) atoms. The molecule has 0 aliphatic rings. The zero-order valence-corrected chi connectivity index (χ0v) is 8.22. The third-order valence-corrected chi connectivity index (χ3v) is 2.97. The number of hydrogen-bond acceptors (Lipinski definition) is 0. The Kier molecular flexibility index (Phi) is 3.19. The minimum atomic E-state index is 0.410. The van der Waals surface area contributed by atoms with Gasteiger partial charge in [-0.25, -0.2) is 0 Å². The standard InChI is InChI=1S/C10H10Se/c1-3-7-11-10-6-4-5-9(2)8-10/h4-8H,1H2,2H3. The van der Waals surface area contributed by atoms with Gasteiger partial charge in [0.25, 0.3) is 0 Å². The molecular formula is C10H10Se. The summed E-state index contributed by atoms with van der Waals surface area (Å²) in [5, 5.41) is 0. The van der Waals surface area contributed by atoms with Gasteiger partial charge in [0.05, 0.1) is 0 Å². The van der Waals surface area contributed by atoms with Crippen molar-refractivity contribution in [1.29, 1.82) is 0 Å². The first-order chi connectivity index (χ1) is 5.33. The molecular weight excluding hydrogens is 199 g/mol. The molecule has 56 valence electrons. The van der Waals surface area contributed by atoms with E-state index in [1.54, 1.807) is 0 Å². The maximum atomic E-state index is 3.53. The number of benzene rings is 1. The second kappa shape index (κ2) is 4.20. The van der Waals surface area contributed by atoms with E-state index in [9.17, 15) is 0 Å². The van der Waals surface area contributed by atoms with E-state index in [4.69, 9.17) is 0 Å². The average molecular weight is 209 g/mol. The number of rotatable bonds is 2. The molecule has 0 fully saturated rings. The van der Waals surface area contributed by atoms with E-state index in [1.807, 2.05) is 4.97 Å². The molecule has 0 spiro atoms. The zero-order valence-electron chi connectivity index (χ0n) is 6.50. The van der Waals surface area contributed by atoms with Crippen molar-refractivity contribution in [2.75, 3.05) is 0 Å². The summed E-state index contributed by atoms with van der Waals surface area (Å²) in [6.07, 6.45) is 0. The summed E-state index contributed by atoms with van der Waals surface area (Å²) in [4.78, 5) is 2.00. The van der Waals surface area contributed by atoms with Crippen LogP contribution in [0.5, 0.6) is 0 Å². The molecule has 1 aromatic carbocycles. The topological polar surface area (TPSA) is 0 Å². The Morgan fingerprint density at radius 3 is 3.00 bits per heavy atom. The Hall–Kier alpha value is -0.741. The molecule has 0 aromatic heterocycles. The quantitative estimate of drug-likeness (QED) is 0.513. The van der Waals surface area contributed by atoms with Crippen LogP contribution in [0, 0.1) is 6.92 Å². The monoisotopic (exact) mass is 210 g/mol. The van der Waals surface area contributed by atoms with Crippen molar-refractivity contribution < 1.29 is 0 Å². The third-order valence-electron chi connectivity index (χ3n) is 1.27. The second-order valence-electron chi connectivity index (χ2n) is 2.26. The van der Waals surface area contributed by atoms with Gasteiger partial charge < -0.3 is 0 Å². The first-order valence-corrected chi connectivity index (χ1v) is 5.25. The molecule has 0 aliphatic heterocycles. The molecule has 0 saturated carbocycles. The van der Waals surface area contributed by atoms with Crippen LogP contribution in [0.2, 0.25) is 0 Å². The molecule has 1 rings (SSSR count). The van der Waals surface area contributed by atoms with Gasteiger partial charge in [-0.3, -0.25) is 0 Å². The Morgan fingerprint density at radius 2 is 2.36 bits per heavy atom. The summed E-state index contributed by atoms with van der Waals surface area (Å²) >= 11 is 0.410. The van der Waals surface area contributed by atoms with Crippen molar-refractivity contribution in [3.05, 3.63) is 47.1 Å². The van der Waals surface area contributed by atoms with Gasteiger partial charge in [0.15, 0.2) is 0 Å². The van der Waals surface area contributed by atoms with E-state index < -0.39 is 0 Å². The number of hydrogen-bond donors (Lipinski definition) is 0. The van der Waals surface area contributed by atoms with Crippen LogP contribution >= 0.6 is 0 Å². The van der Waals surface area contributed by atoms with Gasteiger partial charge in [-0.2, -0.15) is 0 Å². The van der Waals surface area contributed by atoms with Gasteiger partial charge in [-0.15, -0.1) is 0 Å². The maximum absolute atomic E-state index is 3.53. The van der Waals surface area contributed by atoms with Crippen molar-refractivity contribution in [1.82, 2.24) is 0 Å². The first-order valence-electron chi connectivity index (χ1n) is 3.40. The SMILES string of the molecule is C=C=C[Se]c1cccc(C)c1. The Balaban J connectivity index is 2.79. The molecule has 0 saturated heterocycles. The first kappa shape index (κ1) is 8.36. The molecule has 0 atom stereocenters. The van der Waals surface area contributed by atoms with E-state index in [0.717, 1.165) is 0 Å². The van der Waals surface area contributed by atoms with Crippen molar-refractivity contribution >= 4 is 19.4 Å². The summed E-state index contributed by atoms with van der Waals surface area (Å²) in [5.74, 6) is 0. The van der Waals surface area contributed by atoms with Crippen LogP contribution in [0.25, 0.3) is 0 Å². The molecule has 0 bridgehead atoms. The Bertz CT molecular complexity index is 283. The van der Waals surface area contributed by atoms with Gasteiger partial charge >= 0.3 is 73.5 Å². The van der Waals surface area contributed by atoms with Crippen LogP contribution in [0.15, 0.2) is 41.6 Å². The van der Waals surface area contributed by atoms with Crippen molar-refractivity contribution in [3.63, 3.8) is 0 Å². The van der Waals surface area contributed by atoms with Gasteiger partial charge in [0, 0.05) is 0 Å². The number of aryl methyl sites for hydroxylation is 1. The zero-order chi connectivity index (χ0) is 8.10. The summed E-state index contributed by atoms with van der Waals surface area (Å²) in [5.41, 5.74) is 4.11. The van der Waals surface area contributed by atoms with E-state index in [-0.39, 0.29) is 0 Å². The van der Waals surface area contributed by atoms with Crippen LogP contribution in [-0.2, 0) is 0 Å². The van der Waals surface area contributed by atoms with Crippen molar-refractivity contribution in [2.45, 2.75) is 6.92 Å². The molecule has 0 nitrogen and oxygen atoms in total. The molecule has 0 amide bonds. The predicted molar refractivity (Wildman–Crippen MR) is 50.3 cm³/mol. The van der Waals surface area contributed by atoms with Crippen LogP contribution in [0.4, 0.5) is 0 Å². The molecule has 1 aromatic rings. The fraction of sp³-hybridized carbons (Fsp3) is 0.100. The Morgan fingerprint density at radius 1 is 1.55 bits per heavy atom. The van der Waals surface area contributed by atoms with Crippen LogP contribution in [0.3, 0.4) is 0 Å². The summed E-state index contributed by atoms with van der Waals surface area (Å²) in [6.45, 7) is 5.64. The van der Waals surface area contributed by atoms with Gasteiger partial charge in [0.1, 0.15) is 0 Å². The average Bonchev–Trinajstić information content (AvgIpc) is 2.01. The third kappa shape index (κ3) is 2.78. The summed E-state index contributed by atoms with van der Waals surface area (Å²) in [7, 11) is 0.